The Morgan fingerprint density at radius 1 is 0.602 bits per heavy atom. The number of rotatable bonds is 13. The fourth-order valence-corrected chi connectivity index (χ4v) is 18.8. The molecule has 8 fully saturated rings. The molecule has 4 unspecified atom stereocenters. The van der Waals surface area contributed by atoms with Crippen molar-refractivity contribution in [2.75, 3.05) is 89.2 Å². The maximum absolute atomic E-state index is 15.7. The molecule has 8 aliphatic rings. The molecule has 113 heavy (non-hydrogen) atoms. The maximum atomic E-state index is 15.7. The number of carbonyl (C=O) groups is 12. The second kappa shape index (κ2) is 39.4. The van der Waals surface area contributed by atoms with Crippen LogP contribution in [0.2, 0.25) is 0 Å². The van der Waals surface area contributed by atoms with Crippen LogP contribution in [0.15, 0.2) is 0 Å². The Balaban J connectivity index is 1.21. The van der Waals surface area contributed by atoms with Gasteiger partial charge in [-0.25, -0.2) is 8.78 Å². The number of likely N-dealkylation sites (N-methyl/N-ethyl adjacent to an activating group) is 7. The summed E-state index contributed by atoms with van der Waals surface area (Å²) in [6, 6.07) is -9.14. The van der Waals surface area contributed by atoms with Crippen LogP contribution in [0.5, 0.6) is 0 Å². The molecular weight excluding hydrogens is 1490 g/mol. The van der Waals surface area contributed by atoms with E-state index in [1.54, 1.807) is 20.8 Å². The fraction of sp³-hybridized carbons (Fsp3) is 0.835. The van der Waals surface area contributed by atoms with Gasteiger partial charge in [0.25, 0.3) is 0 Å². The third-order valence-corrected chi connectivity index (χ3v) is 26.0. The van der Waals surface area contributed by atoms with Gasteiger partial charge in [0.2, 0.25) is 70.9 Å². The average molecular weight is 1610 g/mol. The lowest BCUT2D eigenvalue weighted by atomic mass is 9.74. The van der Waals surface area contributed by atoms with Gasteiger partial charge in [0.15, 0.2) is 0 Å². The van der Waals surface area contributed by atoms with Gasteiger partial charge in [-0.2, -0.15) is 31.6 Å². The molecule has 3 N–H and O–H groups in total. The van der Waals surface area contributed by atoms with E-state index in [9.17, 15) is 46.0 Å². The van der Waals surface area contributed by atoms with E-state index in [0.717, 1.165) is 24.5 Å². The van der Waals surface area contributed by atoms with Crippen LogP contribution < -0.4 is 16.0 Å². The third-order valence-electron chi connectivity index (χ3n) is 26.0. The first-order valence-corrected chi connectivity index (χ1v) is 40.9. The Morgan fingerprint density at radius 2 is 1.23 bits per heavy atom. The molecule has 3 aliphatic heterocycles. The molecule has 0 aromatic heterocycles. The molecule has 8 rings (SSSR count). The monoisotopic (exact) mass is 1610 g/mol. The largest absolute Gasteiger partial charge is 0.397 e. The number of hydrogen-bond acceptors (Lipinski definition) is 14. The van der Waals surface area contributed by atoms with Crippen LogP contribution in [0.4, 0.5) is 35.1 Å². The molecule has 636 valence electrons. The molecular formula is C79H121F8N13O13. The Labute approximate surface area is 658 Å². The number of amides is 12. The standard InChI is InChI=1S/C79H121F8N13O13/c1-12-46(3)66-74(110)94(7)45-64(103)95(8)57-25-15-14-18-34-99(73(57)109)61(38-47-26-29-52(30-27-47)78(82,83)84)72(108)93(6)44-62(101)89-56(31-28-49-36-54(80)65(55(81)37-49)79(85,86)87)70(106)100-43-53(113-13-2)40-59(100)69(105)91-77(32-20-33-77)76(112)98(11)67(51-23-16-17-24-51)75(111)97(10)60(71(107)92(4)5)41-63(102)96(9)58(68(104)90-66)39-48-21-19-22-50(35-48)42-88/h46-61,65-67H,12-41,43-45H2,1-11H3,(H,89,101)(H,90,104)(H,91,105)/t46-,47?,48?,49?,50?,52?,53+,54?,55?,56-,57-,58-,59-,60-,61-,65?,66-,67-/m0/s1. The van der Waals surface area contributed by atoms with Gasteiger partial charge >= 0.3 is 12.4 Å². The van der Waals surface area contributed by atoms with E-state index in [1.165, 1.54) is 76.0 Å². The van der Waals surface area contributed by atoms with Gasteiger partial charge in [0.05, 0.1) is 37.6 Å². The first-order chi connectivity index (χ1) is 53.2. The average Bonchev–Trinajstić information content (AvgIpc) is 1.70. The lowest BCUT2D eigenvalue weighted by Crippen LogP contribution is -2.68. The van der Waals surface area contributed by atoms with Crippen LogP contribution in [0.3, 0.4) is 0 Å². The van der Waals surface area contributed by atoms with E-state index in [1.807, 2.05) is 0 Å². The van der Waals surface area contributed by atoms with Crippen LogP contribution in [-0.4, -0.2) is 289 Å². The molecule has 3 heterocycles. The number of nitriles is 1. The number of halogens is 8. The lowest BCUT2D eigenvalue weighted by Gasteiger charge is -2.46. The van der Waals surface area contributed by atoms with E-state index in [0.29, 0.717) is 83.5 Å². The van der Waals surface area contributed by atoms with Crippen LogP contribution >= 0.6 is 0 Å². The predicted octanol–water partition coefficient (Wildman–Crippen LogP) is 7.25. The molecule has 2 bridgehead atoms. The summed E-state index contributed by atoms with van der Waals surface area (Å²) < 4.78 is 122. The molecule has 14 atom stereocenters. The molecule has 0 aromatic rings. The highest BCUT2D eigenvalue weighted by molar-refractivity contribution is 6.01. The van der Waals surface area contributed by atoms with Crippen molar-refractivity contribution in [3.05, 3.63) is 0 Å². The zero-order chi connectivity index (χ0) is 83.5. The smallest absolute Gasteiger partial charge is 0.377 e. The Kier molecular flexibility index (Phi) is 31.8. The van der Waals surface area contributed by atoms with Crippen molar-refractivity contribution in [1.29, 1.82) is 5.26 Å². The minimum absolute atomic E-state index is 0.000533. The molecule has 0 radical (unpaired) electrons. The second-order valence-corrected chi connectivity index (χ2v) is 34.0. The number of ether oxygens (including phenoxy) is 1. The van der Waals surface area contributed by atoms with Gasteiger partial charge in [-0.15, -0.1) is 0 Å². The Morgan fingerprint density at radius 3 is 1.81 bits per heavy atom. The molecule has 26 nitrogen and oxygen atoms in total. The maximum Gasteiger partial charge on any atom is 0.397 e. The first kappa shape index (κ1) is 91.1. The van der Waals surface area contributed by atoms with Gasteiger partial charge < -0.3 is 64.8 Å². The van der Waals surface area contributed by atoms with Gasteiger partial charge in [-0.3, -0.25) is 57.5 Å². The number of hydrogen-bond donors (Lipinski definition) is 3. The summed E-state index contributed by atoms with van der Waals surface area (Å²) in [6.45, 7) is 3.32. The predicted molar refractivity (Wildman–Crippen MR) is 397 cm³/mol. The lowest BCUT2D eigenvalue weighted by molar-refractivity contribution is -0.219. The number of carbonyl (C=O) groups excluding carboxylic acids is 12. The van der Waals surface area contributed by atoms with Crippen molar-refractivity contribution in [3.63, 3.8) is 0 Å². The van der Waals surface area contributed by atoms with Crippen molar-refractivity contribution < 1.29 is 97.4 Å². The quantitative estimate of drug-likeness (QED) is 0.153. The van der Waals surface area contributed by atoms with Crippen molar-refractivity contribution >= 4 is 70.9 Å². The van der Waals surface area contributed by atoms with E-state index in [-0.39, 0.29) is 102 Å². The zero-order valence-electron chi connectivity index (χ0n) is 67.6. The SMILES string of the molecule is CCO[C@@H]1C[C@H]2C(=O)NC3(CCC3)C(=O)N(C)[C@@H](C3CCCC3)C(=O)N(C)[C@H](C(=O)N(C)C)CC(=O)N(C)[C@@H](CC3CCCC(C#N)C3)C(=O)N[C@@H]([C@@H](C)CC)C(=O)N(C)CC(=O)N(C)[C@H]3CCCCCN(C3=O)[C@@H](CC3CCC(C(F)(F)F)CC3)C(=O)N(C)CC(=O)N[C@@H](CCC3CC(F)C(C(F)(F)F)C(F)C3)C(=O)N2C1. The van der Waals surface area contributed by atoms with Crippen LogP contribution in [0, 0.1) is 58.7 Å². The number of nitrogens with zero attached hydrogens (tertiary/aromatic N) is 10. The summed E-state index contributed by atoms with van der Waals surface area (Å²) >= 11 is 0. The summed E-state index contributed by atoms with van der Waals surface area (Å²) in [5.41, 5.74) is -1.71. The van der Waals surface area contributed by atoms with Gasteiger partial charge in [0, 0.05) is 88.4 Å². The summed E-state index contributed by atoms with van der Waals surface area (Å²) in [6.07, 6.45) is -13.3. The summed E-state index contributed by atoms with van der Waals surface area (Å²) in [4.78, 5) is 193. The van der Waals surface area contributed by atoms with Crippen molar-refractivity contribution in [3.8, 4) is 6.07 Å². The number of alkyl halides is 8. The molecule has 0 aromatic carbocycles. The third kappa shape index (κ3) is 22.2. The molecule has 1 spiro atoms. The minimum atomic E-state index is -5.22. The summed E-state index contributed by atoms with van der Waals surface area (Å²) in [7, 11) is 10.9. The highest BCUT2D eigenvalue weighted by Crippen LogP contribution is 2.46. The van der Waals surface area contributed by atoms with Crippen LogP contribution in [-0.2, 0) is 62.3 Å². The van der Waals surface area contributed by atoms with Gasteiger partial charge in [0.1, 0.15) is 72.1 Å². The molecule has 12 amide bonds. The highest BCUT2D eigenvalue weighted by atomic mass is 19.4. The molecule has 5 saturated carbocycles. The van der Waals surface area contributed by atoms with Crippen molar-refractivity contribution in [2.24, 2.45) is 47.3 Å². The summed E-state index contributed by atoms with van der Waals surface area (Å²) in [5.74, 6) is -17.5. The van der Waals surface area contributed by atoms with E-state index in [4.69, 9.17) is 4.74 Å². The number of nitrogens with one attached hydrogen (secondary N) is 3. The summed E-state index contributed by atoms with van der Waals surface area (Å²) in [5, 5.41) is 18.6. The van der Waals surface area contributed by atoms with E-state index >= 15 is 51.9 Å². The Hall–Kier alpha value is -7.47. The number of fused-ring (bicyclic) bond motifs is 3. The Bertz CT molecular complexity index is 3410. The highest BCUT2D eigenvalue weighted by Gasteiger charge is 2.56. The fourth-order valence-electron chi connectivity index (χ4n) is 18.8. The van der Waals surface area contributed by atoms with Crippen LogP contribution in [0.25, 0.3) is 0 Å². The van der Waals surface area contributed by atoms with E-state index < -0.39 is 230 Å². The minimum Gasteiger partial charge on any atom is -0.377 e. The van der Waals surface area contributed by atoms with Crippen molar-refractivity contribution in [2.45, 2.75) is 285 Å². The molecule has 3 saturated heterocycles. The zero-order valence-corrected chi connectivity index (χ0v) is 67.6. The second-order valence-electron chi connectivity index (χ2n) is 34.0. The molecule has 34 heteroatoms. The first-order valence-electron chi connectivity index (χ1n) is 40.9. The van der Waals surface area contributed by atoms with Crippen LogP contribution in [0.1, 0.15) is 201 Å². The normalized spacial score (nSPS) is 32.9. The van der Waals surface area contributed by atoms with Gasteiger partial charge in [-0.05, 0) is 159 Å². The van der Waals surface area contributed by atoms with Crippen molar-refractivity contribution in [1.82, 2.24) is 60.0 Å². The van der Waals surface area contributed by atoms with E-state index in [2.05, 4.69) is 22.0 Å². The molecule has 5 aliphatic carbocycles. The van der Waals surface area contributed by atoms with Gasteiger partial charge in [-0.1, -0.05) is 58.8 Å². The topological polar surface area (TPSA) is 303 Å².